The smallest absolute Gasteiger partial charge is 0.237 e. The van der Waals surface area contributed by atoms with Crippen molar-refractivity contribution in [1.82, 2.24) is 0 Å². The fraction of sp³-hybridized carbons (Fsp3) is 0.909. The predicted octanol–water partition coefficient (Wildman–Crippen LogP) is 0.634. The number of hydrogen-bond acceptors (Lipinski definition) is 4. The van der Waals surface area contributed by atoms with Crippen molar-refractivity contribution >= 4 is 17.7 Å². The van der Waals surface area contributed by atoms with E-state index in [0.717, 1.165) is 45.3 Å². The molecule has 2 unspecified atom stereocenters. The summed E-state index contributed by atoms with van der Waals surface area (Å²) in [5.41, 5.74) is 10.6. The first-order valence-electron chi connectivity index (χ1n) is 5.92. The topological polar surface area (TPSA) is 78.3 Å². The summed E-state index contributed by atoms with van der Waals surface area (Å²) in [6.45, 7) is 1.74. The highest BCUT2D eigenvalue weighted by Crippen LogP contribution is 2.39. The Labute approximate surface area is 100 Å². The minimum absolute atomic E-state index is 0.345. The van der Waals surface area contributed by atoms with E-state index in [-0.39, 0.29) is 5.91 Å². The van der Waals surface area contributed by atoms with Gasteiger partial charge in [0.15, 0.2) is 0 Å². The van der Waals surface area contributed by atoms with Crippen molar-refractivity contribution in [3.63, 3.8) is 0 Å². The zero-order valence-corrected chi connectivity index (χ0v) is 10.3. The van der Waals surface area contributed by atoms with Gasteiger partial charge in [-0.15, -0.1) is 0 Å². The number of primary amides is 1. The second-order valence-corrected chi connectivity index (χ2v) is 6.44. The molecular weight excluding hydrogens is 224 g/mol. The molecule has 0 aromatic rings. The number of ether oxygens (including phenoxy) is 1. The van der Waals surface area contributed by atoms with Crippen molar-refractivity contribution < 1.29 is 9.53 Å². The van der Waals surface area contributed by atoms with E-state index >= 15 is 0 Å². The van der Waals surface area contributed by atoms with E-state index < -0.39 is 5.54 Å². The lowest BCUT2D eigenvalue weighted by atomic mass is 9.99. The number of thioether (sulfide) groups is 1. The van der Waals surface area contributed by atoms with Crippen LogP contribution >= 0.6 is 11.8 Å². The maximum absolute atomic E-state index is 11.2. The van der Waals surface area contributed by atoms with E-state index in [9.17, 15) is 4.79 Å². The molecule has 5 heteroatoms. The zero-order valence-electron chi connectivity index (χ0n) is 9.48. The van der Waals surface area contributed by atoms with E-state index in [1.165, 1.54) is 0 Å². The van der Waals surface area contributed by atoms with E-state index in [2.05, 4.69) is 0 Å². The number of amides is 1. The fourth-order valence-corrected chi connectivity index (χ4v) is 4.11. The molecule has 1 heterocycles. The Balaban J connectivity index is 1.82. The second-order valence-electron chi connectivity index (χ2n) is 4.83. The van der Waals surface area contributed by atoms with E-state index in [1.807, 2.05) is 11.8 Å². The quantitative estimate of drug-likeness (QED) is 0.763. The molecule has 1 amide bonds. The van der Waals surface area contributed by atoms with Crippen LogP contribution in [0.5, 0.6) is 0 Å². The van der Waals surface area contributed by atoms with Gasteiger partial charge < -0.3 is 16.2 Å². The number of carbonyl (C=O) groups is 1. The third kappa shape index (κ3) is 2.70. The molecular formula is C11H20N2O2S. The van der Waals surface area contributed by atoms with Gasteiger partial charge in [0.2, 0.25) is 5.91 Å². The largest absolute Gasteiger partial charge is 0.381 e. The summed E-state index contributed by atoms with van der Waals surface area (Å²) in [5, 5.41) is 1.18. The average Bonchev–Trinajstić information content (AvgIpc) is 2.63. The lowest BCUT2D eigenvalue weighted by Gasteiger charge is -2.25. The molecule has 2 atom stereocenters. The van der Waals surface area contributed by atoms with Crippen LogP contribution in [0, 0.1) is 0 Å². The summed E-state index contributed by atoms with van der Waals surface area (Å²) < 4.78 is 5.33. The van der Waals surface area contributed by atoms with Crippen LogP contribution < -0.4 is 11.5 Å². The van der Waals surface area contributed by atoms with Crippen LogP contribution in [-0.4, -0.2) is 35.2 Å². The van der Waals surface area contributed by atoms with Crippen LogP contribution in [0.25, 0.3) is 0 Å². The summed E-state index contributed by atoms with van der Waals surface area (Å²) >= 11 is 1.98. The van der Waals surface area contributed by atoms with Gasteiger partial charge >= 0.3 is 0 Å². The highest BCUT2D eigenvalue weighted by Gasteiger charge is 2.41. The van der Waals surface area contributed by atoms with Crippen LogP contribution in [0.2, 0.25) is 0 Å². The molecule has 16 heavy (non-hydrogen) atoms. The standard InChI is InChI=1S/C11H20N2O2S/c12-10(14)11(13)4-1-9(7-11)16-8-2-5-15-6-3-8/h8-9H,1-7,13H2,(H2,12,14). The molecule has 1 saturated heterocycles. The Hall–Kier alpha value is -0.260. The molecule has 4 nitrogen and oxygen atoms in total. The molecule has 0 radical (unpaired) electrons. The second kappa shape index (κ2) is 4.94. The Bertz CT molecular complexity index is 269. The van der Waals surface area contributed by atoms with Crippen molar-refractivity contribution in [2.75, 3.05) is 13.2 Å². The van der Waals surface area contributed by atoms with Crippen LogP contribution in [0.3, 0.4) is 0 Å². The number of nitrogens with two attached hydrogens (primary N) is 2. The molecule has 0 aromatic carbocycles. The highest BCUT2D eigenvalue weighted by atomic mass is 32.2. The first kappa shape index (κ1) is 12.2. The van der Waals surface area contributed by atoms with Gasteiger partial charge in [-0.2, -0.15) is 11.8 Å². The minimum atomic E-state index is -0.747. The summed E-state index contributed by atoms with van der Waals surface area (Å²) in [6, 6.07) is 0. The van der Waals surface area contributed by atoms with Crippen LogP contribution in [0.15, 0.2) is 0 Å². The van der Waals surface area contributed by atoms with Crippen molar-refractivity contribution in [3.05, 3.63) is 0 Å². The summed E-state index contributed by atoms with van der Waals surface area (Å²) in [4.78, 5) is 11.2. The van der Waals surface area contributed by atoms with Gasteiger partial charge in [0.1, 0.15) is 0 Å². The van der Waals surface area contributed by atoms with E-state index in [4.69, 9.17) is 16.2 Å². The monoisotopic (exact) mass is 244 g/mol. The molecule has 1 aliphatic heterocycles. The van der Waals surface area contributed by atoms with Crippen molar-refractivity contribution in [3.8, 4) is 0 Å². The van der Waals surface area contributed by atoms with Crippen molar-refractivity contribution in [1.29, 1.82) is 0 Å². The SMILES string of the molecule is NC(=O)C1(N)CCC(SC2CCOCC2)C1. The van der Waals surface area contributed by atoms with Gasteiger partial charge in [-0.25, -0.2) is 0 Å². The molecule has 2 fully saturated rings. The Morgan fingerprint density at radius 2 is 1.94 bits per heavy atom. The molecule has 1 saturated carbocycles. The Morgan fingerprint density at radius 1 is 1.25 bits per heavy atom. The lowest BCUT2D eigenvalue weighted by Crippen LogP contribution is -2.50. The number of hydrogen-bond donors (Lipinski definition) is 2. The number of rotatable bonds is 3. The first-order chi connectivity index (χ1) is 7.60. The van der Waals surface area contributed by atoms with E-state index in [0.29, 0.717) is 10.5 Å². The van der Waals surface area contributed by atoms with Crippen molar-refractivity contribution in [2.45, 2.75) is 48.1 Å². The Kier molecular flexibility index (Phi) is 3.77. The van der Waals surface area contributed by atoms with Crippen molar-refractivity contribution in [2.24, 2.45) is 11.5 Å². The molecule has 2 rings (SSSR count). The molecule has 2 aliphatic rings. The zero-order chi connectivity index (χ0) is 11.6. The molecule has 92 valence electrons. The van der Waals surface area contributed by atoms with Gasteiger partial charge in [-0.3, -0.25) is 4.79 Å². The molecule has 4 N–H and O–H groups in total. The molecule has 0 bridgehead atoms. The third-order valence-corrected chi connectivity index (χ3v) is 5.19. The van der Waals surface area contributed by atoms with Gasteiger partial charge in [-0.1, -0.05) is 0 Å². The average molecular weight is 244 g/mol. The number of carbonyl (C=O) groups excluding carboxylic acids is 1. The van der Waals surface area contributed by atoms with Crippen LogP contribution in [-0.2, 0) is 9.53 Å². The highest BCUT2D eigenvalue weighted by molar-refractivity contribution is 8.00. The summed E-state index contributed by atoms with van der Waals surface area (Å²) in [7, 11) is 0. The minimum Gasteiger partial charge on any atom is -0.381 e. The van der Waals surface area contributed by atoms with Crippen LogP contribution in [0.1, 0.15) is 32.1 Å². The summed E-state index contributed by atoms with van der Waals surface area (Å²) in [6.07, 6.45) is 4.74. The maximum Gasteiger partial charge on any atom is 0.237 e. The normalized spacial score (nSPS) is 36.4. The first-order valence-corrected chi connectivity index (χ1v) is 6.86. The van der Waals surface area contributed by atoms with Gasteiger partial charge in [0.25, 0.3) is 0 Å². The third-order valence-electron chi connectivity index (χ3n) is 3.55. The molecule has 0 aromatic heterocycles. The molecule has 1 aliphatic carbocycles. The molecule has 0 spiro atoms. The van der Waals surface area contributed by atoms with Crippen LogP contribution in [0.4, 0.5) is 0 Å². The predicted molar refractivity (Wildman–Crippen MR) is 65.2 cm³/mol. The maximum atomic E-state index is 11.2. The lowest BCUT2D eigenvalue weighted by molar-refractivity contribution is -0.122. The van der Waals surface area contributed by atoms with E-state index in [1.54, 1.807) is 0 Å². The van der Waals surface area contributed by atoms with Gasteiger partial charge in [0.05, 0.1) is 5.54 Å². The summed E-state index contributed by atoms with van der Waals surface area (Å²) in [5.74, 6) is -0.345. The van der Waals surface area contributed by atoms with Gasteiger partial charge in [0, 0.05) is 23.7 Å². The fourth-order valence-electron chi connectivity index (χ4n) is 2.45. The van der Waals surface area contributed by atoms with Gasteiger partial charge in [-0.05, 0) is 32.1 Å². The Morgan fingerprint density at radius 3 is 2.50 bits per heavy atom.